The highest BCUT2D eigenvalue weighted by Gasteiger charge is 2.21. The smallest absolute Gasteiger partial charge is 0.194 e. The van der Waals surface area contributed by atoms with Gasteiger partial charge in [-0.15, -0.1) is 11.3 Å². The molecule has 1 atom stereocenters. The van der Waals surface area contributed by atoms with Crippen LogP contribution in [0, 0.1) is 6.92 Å². The second kappa shape index (κ2) is 5.81. The molecule has 1 aliphatic rings. The van der Waals surface area contributed by atoms with Crippen molar-refractivity contribution in [2.75, 3.05) is 40.3 Å². The van der Waals surface area contributed by atoms with E-state index in [4.69, 9.17) is 0 Å². The molecule has 3 rings (SSSR count). The lowest BCUT2D eigenvalue weighted by Gasteiger charge is -2.37. The van der Waals surface area contributed by atoms with Crippen molar-refractivity contribution in [1.82, 2.24) is 24.5 Å². The van der Waals surface area contributed by atoms with E-state index < -0.39 is 0 Å². The molecule has 1 N–H and O–H groups in total. The first-order valence-corrected chi connectivity index (χ1v) is 8.03. The maximum Gasteiger partial charge on any atom is 0.194 e. The zero-order valence-electron chi connectivity index (χ0n) is 12.5. The standard InChI is InChI=1S/C14H23N5S/c1-11-13(19-6-7-20-14(19)16-11)9-15-8-12-10-17(2)4-5-18(12)3/h6-7,12,15H,4-5,8-10H2,1-3H3. The Hall–Kier alpha value is -0.950. The maximum absolute atomic E-state index is 4.59. The fraction of sp³-hybridized carbons (Fsp3) is 0.643. The lowest BCUT2D eigenvalue weighted by Crippen LogP contribution is -2.53. The number of imidazole rings is 1. The van der Waals surface area contributed by atoms with E-state index in [2.05, 4.69) is 57.1 Å². The Labute approximate surface area is 124 Å². The number of likely N-dealkylation sites (N-methyl/N-ethyl adjacent to an activating group) is 2. The SMILES string of the molecule is Cc1nc2sccn2c1CNCC1CN(C)CCN1C. The van der Waals surface area contributed by atoms with Crippen LogP contribution >= 0.6 is 11.3 Å². The van der Waals surface area contributed by atoms with Gasteiger partial charge in [-0.1, -0.05) is 0 Å². The van der Waals surface area contributed by atoms with Gasteiger partial charge in [0, 0.05) is 50.3 Å². The average Bonchev–Trinajstić information content (AvgIpc) is 2.96. The molecule has 1 aliphatic heterocycles. The molecule has 20 heavy (non-hydrogen) atoms. The van der Waals surface area contributed by atoms with E-state index >= 15 is 0 Å². The summed E-state index contributed by atoms with van der Waals surface area (Å²) in [4.78, 5) is 10.5. The van der Waals surface area contributed by atoms with Crippen molar-refractivity contribution in [1.29, 1.82) is 0 Å². The van der Waals surface area contributed by atoms with Crippen LogP contribution in [0.2, 0.25) is 0 Å². The number of aromatic nitrogens is 2. The van der Waals surface area contributed by atoms with Gasteiger partial charge in [0.15, 0.2) is 4.96 Å². The second-order valence-electron chi connectivity index (χ2n) is 5.73. The van der Waals surface area contributed by atoms with E-state index in [-0.39, 0.29) is 0 Å². The second-order valence-corrected chi connectivity index (χ2v) is 6.60. The van der Waals surface area contributed by atoms with E-state index in [1.807, 2.05) is 0 Å². The summed E-state index contributed by atoms with van der Waals surface area (Å²) >= 11 is 1.69. The Kier molecular flexibility index (Phi) is 4.07. The molecule has 5 nitrogen and oxygen atoms in total. The largest absolute Gasteiger partial charge is 0.310 e. The molecule has 0 bridgehead atoms. The molecular weight excluding hydrogens is 270 g/mol. The first-order valence-electron chi connectivity index (χ1n) is 7.15. The van der Waals surface area contributed by atoms with Crippen LogP contribution in [0.4, 0.5) is 0 Å². The Bertz CT molecular complexity index is 575. The highest BCUT2D eigenvalue weighted by atomic mass is 32.1. The van der Waals surface area contributed by atoms with Crippen LogP contribution in [0.5, 0.6) is 0 Å². The zero-order valence-corrected chi connectivity index (χ0v) is 13.3. The number of thiazole rings is 1. The molecule has 3 heterocycles. The topological polar surface area (TPSA) is 35.8 Å². The molecule has 6 heteroatoms. The molecule has 2 aromatic heterocycles. The van der Waals surface area contributed by atoms with E-state index in [0.29, 0.717) is 6.04 Å². The Balaban J connectivity index is 1.59. The van der Waals surface area contributed by atoms with Crippen molar-refractivity contribution in [3.05, 3.63) is 23.0 Å². The molecule has 0 saturated carbocycles. The summed E-state index contributed by atoms with van der Waals surface area (Å²) in [5.74, 6) is 0. The van der Waals surface area contributed by atoms with Gasteiger partial charge in [-0.05, 0) is 21.0 Å². The minimum absolute atomic E-state index is 0.597. The lowest BCUT2D eigenvalue weighted by molar-refractivity contribution is 0.113. The Morgan fingerprint density at radius 2 is 2.25 bits per heavy atom. The van der Waals surface area contributed by atoms with Gasteiger partial charge in [-0.3, -0.25) is 9.30 Å². The highest BCUT2D eigenvalue weighted by molar-refractivity contribution is 7.15. The molecular formula is C14H23N5S. The number of hydrogen-bond donors (Lipinski definition) is 1. The maximum atomic E-state index is 4.59. The number of nitrogens with one attached hydrogen (secondary N) is 1. The summed E-state index contributed by atoms with van der Waals surface area (Å²) in [6.07, 6.45) is 2.11. The molecule has 1 unspecified atom stereocenters. The number of aryl methyl sites for hydroxylation is 1. The van der Waals surface area contributed by atoms with Crippen LogP contribution in [0.15, 0.2) is 11.6 Å². The summed E-state index contributed by atoms with van der Waals surface area (Å²) in [5.41, 5.74) is 2.42. The van der Waals surface area contributed by atoms with E-state index in [1.54, 1.807) is 11.3 Å². The summed E-state index contributed by atoms with van der Waals surface area (Å²) in [5, 5.41) is 5.70. The van der Waals surface area contributed by atoms with Crippen molar-refractivity contribution < 1.29 is 0 Å². The van der Waals surface area contributed by atoms with Gasteiger partial charge in [0.2, 0.25) is 0 Å². The molecule has 2 aromatic rings. The van der Waals surface area contributed by atoms with Gasteiger partial charge in [0.25, 0.3) is 0 Å². The van der Waals surface area contributed by atoms with Gasteiger partial charge < -0.3 is 10.2 Å². The number of piperazine rings is 1. The fourth-order valence-electron chi connectivity index (χ4n) is 2.83. The molecule has 0 aromatic carbocycles. The number of nitrogens with zero attached hydrogens (tertiary/aromatic N) is 4. The average molecular weight is 293 g/mol. The van der Waals surface area contributed by atoms with Crippen LogP contribution < -0.4 is 5.32 Å². The molecule has 110 valence electrons. The van der Waals surface area contributed by atoms with Crippen LogP contribution in [-0.4, -0.2) is 65.5 Å². The van der Waals surface area contributed by atoms with Crippen molar-refractivity contribution in [3.8, 4) is 0 Å². The molecule has 0 amide bonds. The minimum Gasteiger partial charge on any atom is -0.310 e. The summed E-state index contributed by atoms with van der Waals surface area (Å²) in [6, 6.07) is 0.597. The third-order valence-corrected chi connectivity index (χ3v) is 4.97. The zero-order chi connectivity index (χ0) is 14.1. The van der Waals surface area contributed by atoms with Gasteiger partial charge >= 0.3 is 0 Å². The summed E-state index contributed by atoms with van der Waals surface area (Å²) < 4.78 is 2.20. The summed E-state index contributed by atoms with van der Waals surface area (Å²) in [6.45, 7) is 7.48. The molecule has 0 radical (unpaired) electrons. The lowest BCUT2D eigenvalue weighted by atomic mass is 10.2. The highest BCUT2D eigenvalue weighted by Crippen LogP contribution is 2.16. The van der Waals surface area contributed by atoms with Crippen molar-refractivity contribution >= 4 is 16.3 Å². The molecule has 1 saturated heterocycles. The predicted octanol–water partition coefficient (Wildman–Crippen LogP) is 1.04. The Morgan fingerprint density at radius 3 is 3.10 bits per heavy atom. The number of rotatable bonds is 4. The van der Waals surface area contributed by atoms with Crippen LogP contribution in [0.3, 0.4) is 0 Å². The van der Waals surface area contributed by atoms with Crippen molar-refractivity contribution in [2.24, 2.45) is 0 Å². The summed E-state index contributed by atoms with van der Waals surface area (Å²) in [7, 11) is 4.43. The van der Waals surface area contributed by atoms with Crippen LogP contribution in [0.25, 0.3) is 4.96 Å². The van der Waals surface area contributed by atoms with Crippen LogP contribution in [0.1, 0.15) is 11.4 Å². The normalized spacial score (nSPS) is 21.9. The van der Waals surface area contributed by atoms with E-state index in [9.17, 15) is 0 Å². The molecule has 1 fully saturated rings. The third kappa shape index (κ3) is 2.74. The first-order chi connectivity index (χ1) is 9.65. The Morgan fingerprint density at radius 1 is 1.40 bits per heavy atom. The number of fused-ring (bicyclic) bond motifs is 1. The van der Waals surface area contributed by atoms with E-state index in [1.165, 1.54) is 12.2 Å². The van der Waals surface area contributed by atoms with Gasteiger partial charge in [-0.2, -0.15) is 0 Å². The first kappa shape index (κ1) is 14.0. The van der Waals surface area contributed by atoms with Crippen molar-refractivity contribution in [3.63, 3.8) is 0 Å². The van der Waals surface area contributed by atoms with Crippen LogP contribution in [-0.2, 0) is 6.54 Å². The predicted molar refractivity (Wildman–Crippen MR) is 83.4 cm³/mol. The fourth-order valence-corrected chi connectivity index (χ4v) is 3.61. The van der Waals surface area contributed by atoms with Gasteiger partial charge in [-0.25, -0.2) is 4.98 Å². The van der Waals surface area contributed by atoms with Gasteiger partial charge in [0.1, 0.15) is 0 Å². The molecule has 0 aliphatic carbocycles. The van der Waals surface area contributed by atoms with Crippen molar-refractivity contribution in [2.45, 2.75) is 19.5 Å². The number of hydrogen-bond acceptors (Lipinski definition) is 5. The molecule has 0 spiro atoms. The minimum atomic E-state index is 0.597. The monoisotopic (exact) mass is 293 g/mol. The van der Waals surface area contributed by atoms with Gasteiger partial charge in [0.05, 0.1) is 11.4 Å². The quantitative estimate of drug-likeness (QED) is 0.914. The third-order valence-electron chi connectivity index (χ3n) is 4.21. The van der Waals surface area contributed by atoms with E-state index in [0.717, 1.165) is 36.8 Å².